The predicted octanol–water partition coefficient (Wildman–Crippen LogP) is 2.76. The Morgan fingerprint density at radius 3 is 3.00 bits per heavy atom. The fourth-order valence-electron chi connectivity index (χ4n) is 3.74. The first-order chi connectivity index (χ1) is 11.3. The summed E-state index contributed by atoms with van der Waals surface area (Å²) in [6.07, 6.45) is 5.64. The second-order valence-electron chi connectivity index (χ2n) is 6.77. The van der Waals surface area contributed by atoms with Crippen molar-refractivity contribution < 1.29 is 9.53 Å². The van der Waals surface area contributed by atoms with E-state index in [9.17, 15) is 4.79 Å². The first-order valence-corrected chi connectivity index (χ1v) is 8.97. The third-order valence-electron chi connectivity index (χ3n) is 5.04. The van der Waals surface area contributed by atoms with Gasteiger partial charge in [-0.25, -0.2) is 0 Å². The van der Waals surface area contributed by atoms with Gasteiger partial charge in [0, 0.05) is 30.8 Å². The molecular weight excluding hydrogens is 288 g/mol. The van der Waals surface area contributed by atoms with Crippen LogP contribution in [0.5, 0.6) is 0 Å². The number of fused-ring (bicyclic) bond motifs is 1. The summed E-state index contributed by atoms with van der Waals surface area (Å²) >= 11 is 0. The number of ether oxygens (including phenoxy) is 1. The van der Waals surface area contributed by atoms with Crippen molar-refractivity contribution in [2.24, 2.45) is 5.92 Å². The molecule has 2 heterocycles. The maximum absolute atomic E-state index is 12.4. The number of carbonyl (C=O) groups excluding carboxylic acids is 1. The topological polar surface area (TPSA) is 41.6 Å². The van der Waals surface area contributed by atoms with Crippen molar-refractivity contribution in [3.05, 3.63) is 29.8 Å². The molecule has 1 saturated heterocycles. The summed E-state index contributed by atoms with van der Waals surface area (Å²) < 4.78 is 5.37. The van der Waals surface area contributed by atoms with Crippen LogP contribution >= 0.6 is 0 Å². The van der Waals surface area contributed by atoms with Crippen LogP contribution in [0.25, 0.3) is 0 Å². The molecule has 1 aromatic carbocycles. The van der Waals surface area contributed by atoms with Gasteiger partial charge in [0.25, 0.3) is 0 Å². The minimum absolute atomic E-state index is 0.134. The molecule has 1 aromatic rings. The zero-order chi connectivity index (χ0) is 16.1. The molecule has 126 valence electrons. The molecule has 0 saturated carbocycles. The van der Waals surface area contributed by atoms with Gasteiger partial charge in [-0.2, -0.15) is 0 Å². The number of carbonyl (C=O) groups is 1. The standard InChI is InChI=1S/C19H28N2O2/c1-2-5-17-9-8-16-6-3-4-7-18(16)21(17)13-19(22)20-12-15-10-11-23-14-15/h3-4,6-7,15,17H,2,5,8-14H2,1H3,(H,20,22)/t15-,17-/m1/s1. The highest BCUT2D eigenvalue weighted by molar-refractivity contribution is 5.82. The Morgan fingerprint density at radius 1 is 1.35 bits per heavy atom. The molecule has 0 unspecified atom stereocenters. The van der Waals surface area contributed by atoms with E-state index < -0.39 is 0 Å². The molecule has 0 aliphatic carbocycles. The van der Waals surface area contributed by atoms with Gasteiger partial charge in [-0.3, -0.25) is 4.79 Å². The molecule has 2 atom stereocenters. The fraction of sp³-hybridized carbons (Fsp3) is 0.632. The van der Waals surface area contributed by atoms with E-state index in [2.05, 4.69) is 41.4 Å². The van der Waals surface area contributed by atoms with Gasteiger partial charge in [-0.05, 0) is 37.3 Å². The first-order valence-electron chi connectivity index (χ1n) is 8.97. The van der Waals surface area contributed by atoms with Crippen LogP contribution in [0.1, 0.15) is 38.2 Å². The van der Waals surface area contributed by atoms with Crippen LogP contribution < -0.4 is 10.2 Å². The molecule has 1 amide bonds. The lowest BCUT2D eigenvalue weighted by Crippen LogP contribution is -2.46. The number of hydrogen-bond donors (Lipinski definition) is 1. The Hall–Kier alpha value is -1.55. The number of rotatable bonds is 6. The van der Waals surface area contributed by atoms with Gasteiger partial charge in [-0.15, -0.1) is 0 Å². The van der Waals surface area contributed by atoms with Gasteiger partial charge in [0.15, 0.2) is 0 Å². The molecule has 1 fully saturated rings. The van der Waals surface area contributed by atoms with E-state index in [0.29, 0.717) is 18.5 Å². The van der Waals surface area contributed by atoms with E-state index in [1.807, 2.05) is 0 Å². The van der Waals surface area contributed by atoms with Crippen LogP contribution in [-0.2, 0) is 16.0 Å². The van der Waals surface area contributed by atoms with E-state index in [-0.39, 0.29) is 5.91 Å². The third kappa shape index (κ3) is 4.05. The second-order valence-corrected chi connectivity index (χ2v) is 6.77. The predicted molar refractivity (Wildman–Crippen MR) is 92.7 cm³/mol. The minimum atomic E-state index is 0.134. The van der Waals surface area contributed by atoms with E-state index in [4.69, 9.17) is 4.74 Å². The minimum Gasteiger partial charge on any atom is -0.381 e. The molecule has 2 aliphatic heterocycles. The number of aryl methyl sites for hydroxylation is 1. The van der Waals surface area contributed by atoms with Crippen molar-refractivity contribution in [1.29, 1.82) is 0 Å². The van der Waals surface area contributed by atoms with Crippen LogP contribution in [0.2, 0.25) is 0 Å². The van der Waals surface area contributed by atoms with Crippen molar-refractivity contribution in [2.75, 3.05) is 31.2 Å². The molecule has 0 radical (unpaired) electrons. The highest BCUT2D eigenvalue weighted by Crippen LogP contribution is 2.32. The molecule has 0 bridgehead atoms. The summed E-state index contributed by atoms with van der Waals surface area (Å²) in [4.78, 5) is 14.8. The number of nitrogens with one attached hydrogen (secondary N) is 1. The molecule has 0 aromatic heterocycles. The fourth-order valence-corrected chi connectivity index (χ4v) is 3.74. The van der Waals surface area contributed by atoms with E-state index in [0.717, 1.165) is 51.9 Å². The highest BCUT2D eigenvalue weighted by atomic mass is 16.5. The normalized spacial score (nSPS) is 23.6. The smallest absolute Gasteiger partial charge is 0.239 e. The lowest BCUT2D eigenvalue weighted by molar-refractivity contribution is -0.120. The molecule has 3 rings (SSSR count). The van der Waals surface area contributed by atoms with E-state index in [1.54, 1.807) is 0 Å². The zero-order valence-corrected chi connectivity index (χ0v) is 14.1. The lowest BCUT2D eigenvalue weighted by Gasteiger charge is -2.38. The Labute approximate surface area is 139 Å². The summed E-state index contributed by atoms with van der Waals surface area (Å²) in [5.74, 6) is 0.619. The number of para-hydroxylation sites is 1. The molecule has 4 nitrogen and oxygen atoms in total. The average Bonchev–Trinajstić information content (AvgIpc) is 3.09. The maximum Gasteiger partial charge on any atom is 0.239 e. The quantitative estimate of drug-likeness (QED) is 0.877. The highest BCUT2D eigenvalue weighted by Gasteiger charge is 2.27. The first kappa shape index (κ1) is 16.3. The van der Waals surface area contributed by atoms with Crippen LogP contribution in [-0.4, -0.2) is 38.3 Å². The number of benzene rings is 1. The van der Waals surface area contributed by atoms with Crippen molar-refractivity contribution in [3.8, 4) is 0 Å². The number of nitrogens with zero attached hydrogens (tertiary/aromatic N) is 1. The summed E-state index contributed by atoms with van der Waals surface area (Å²) in [7, 11) is 0. The Balaban J connectivity index is 1.63. The van der Waals surface area contributed by atoms with Crippen LogP contribution in [0.4, 0.5) is 5.69 Å². The van der Waals surface area contributed by atoms with Gasteiger partial charge < -0.3 is 15.0 Å². The van der Waals surface area contributed by atoms with Gasteiger partial charge in [0.05, 0.1) is 13.2 Å². The zero-order valence-electron chi connectivity index (χ0n) is 14.1. The summed E-state index contributed by atoms with van der Waals surface area (Å²) in [6, 6.07) is 9.01. The number of hydrogen-bond acceptors (Lipinski definition) is 3. The molecule has 23 heavy (non-hydrogen) atoms. The third-order valence-corrected chi connectivity index (χ3v) is 5.04. The average molecular weight is 316 g/mol. The van der Waals surface area contributed by atoms with Crippen LogP contribution in [0, 0.1) is 5.92 Å². The van der Waals surface area contributed by atoms with Gasteiger partial charge >= 0.3 is 0 Å². The van der Waals surface area contributed by atoms with Crippen molar-refractivity contribution in [3.63, 3.8) is 0 Å². The largest absolute Gasteiger partial charge is 0.381 e. The van der Waals surface area contributed by atoms with E-state index in [1.165, 1.54) is 11.3 Å². The van der Waals surface area contributed by atoms with Crippen molar-refractivity contribution in [2.45, 2.75) is 45.1 Å². The Morgan fingerprint density at radius 2 is 2.22 bits per heavy atom. The second kappa shape index (κ2) is 7.82. The van der Waals surface area contributed by atoms with Gasteiger partial charge in [0.1, 0.15) is 0 Å². The summed E-state index contributed by atoms with van der Waals surface area (Å²) in [5, 5.41) is 3.10. The van der Waals surface area contributed by atoms with Crippen molar-refractivity contribution >= 4 is 11.6 Å². The molecule has 1 N–H and O–H groups in total. The van der Waals surface area contributed by atoms with Crippen molar-refractivity contribution in [1.82, 2.24) is 5.32 Å². The van der Waals surface area contributed by atoms with Crippen LogP contribution in [0.3, 0.4) is 0 Å². The summed E-state index contributed by atoms with van der Waals surface area (Å²) in [6.45, 7) is 5.05. The van der Waals surface area contributed by atoms with Crippen LogP contribution in [0.15, 0.2) is 24.3 Å². The molecule has 2 aliphatic rings. The maximum atomic E-state index is 12.4. The summed E-state index contributed by atoms with van der Waals surface area (Å²) in [5.41, 5.74) is 2.62. The Bertz CT molecular complexity index is 526. The van der Waals surface area contributed by atoms with Gasteiger partial charge in [0.2, 0.25) is 5.91 Å². The molecule has 0 spiro atoms. The number of amides is 1. The SMILES string of the molecule is CCC[C@@H]1CCc2ccccc2N1CC(=O)NC[C@H]1CCOC1. The lowest BCUT2D eigenvalue weighted by atomic mass is 9.93. The molecule has 4 heteroatoms. The van der Waals surface area contributed by atoms with Gasteiger partial charge in [-0.1, -0.05) is 31.5 Å². The molecular formula is C19H28N2O2. The number of anilines is 1. The van der Waals surface area contributed by atoms with E-state index >= 15 is 0 Å². The Kier molecular flexibility index (Phi) is 5.55. The monoisotopic (exact) mass is 316 g/mol.